The van der Waals surface area contributed by atoms with Gasteiger partial charge < -0.3 is 0 Å². The average molecular weight is 401 g/mol. The highest BCUT2D eigenvalue weighted by molar-refractivity contribution is 6.01. The van der Waals surface area contributed by atoms with Crippen LogP contribution in [0.25, 0.3) is 0 Å². The van der Waals surface area contributed by atoms with Crippen molar-refractivity contribution < 1.29 is 4.79 Å². The Hall–Kier alpha value is -2.16. The Balaban J connectivity index is 1.36. The number of carbonyl (C=O) groups is 1. The normalized spacial score (nSPS) is 44.0. The molecule has 3 nitrogen and oxygen atoms in total. The maximum atomic E-state index is 12.0. The molecule has 0 amide bonds. The molecule has 7 atom stereocenters. The molecule has 3 heteroatoms. The van der Waals surface area contributed by atoms with Crippen LogP contribution in [0.5, 0.6) is 0 Å². The summed E-state index contributed by atoms with van der Waals surface area (Å²) in [6.45, 7) is 4.91. The zero-order valence-corrected chi connectivity index (χ0v) is 18.3. The number of hydrazone groups is 1. The van der Waals surface area contributed by atoms with E-state index in [-0.39, 0.29) is 16.6 Å². The van der Waals surface area contributed by atoms with Gasteiger partial charge in [0.05, 0.1) is 6.04 Å². The molecule has 156 valence electrons. The van der Waals surface area contributed by atoms with Gasteiger partial charge in [0.15, 0.2) is 5.78 Å². The fourth-order valence-corrected chi connectivity index (χ4v) is 8.14. The lowest BCUT2D eigenvalue weighted by Gasteiger charge is -2.56. The van der Waals surface area contributed by atoms with E-state index in [9.17, 15) is 4.79 Å². The van der Waals surface area contributed by atoms with E-state index in [1.165, 1.54) is 42.5 Å². The van der Waals surface area contributed by atoms with Crippen molar-refractivity contribution in [1.82, 2.24) is 5.01 Å². The second-order valence-corrected chi connectivity index (χ2v) is 10.8. The summed E-state index contributed by atoms with van der Waals surface area (Å²) in [5.74, 6) is 2.83. The number of rotatable bonds is 1. The van der Waals surface area contributed by atoms with Crippen LogP contribution >= 0.6 is 0 Å². The minimum Gasteiger partial charge on any atom is -0.292 e. The molecule has 0 radical (unpaired) electrons. The third-order valence-electron chi connectivity index (χ3n) is 9.58. The minimum absolute atomic E-state index is 0.0767. The lowest BCUT2D eigenvalue weighted by Crippen LogP contribution is -2.49. The zero-order valence-electron chi connectivity index (χ0n) is 18.3. The van der Waals surface area contributed by atoms with Gasteiger partial charge >= 0.3 is 0 Å². The highest BCUT2D eigenvalue weighted by Crippen LogP contribution is 2.66. The van der Waals surface area contributed by atoms with Crippen LogP contribution in [-0.4, -0.2) is 23.6 Å². The number of benzene rings is 1. The molecule has 0 unspecified atom stereocenters. The van der Waals surface area contributed by atoms with Gasteiger partial charge in [0.25, 0.3) is 0 Å². The molecule has 0 aromatic heterocycles. The largest absolute Gasteiger partial charge is 0.292 e. The van der Waals surface area contributed by atoms with E-state index in [2.05, 4.69) is 62.3 Å². The fraction of sp³-hybridized carbons (Fsp3) is 0.556. The van der Waals surface area contributed by atoms with Gasteiger partial charge in [-0.25, -0.2) is 0 Å². The number of fused-ring (bicyclic) bond motifs is 7. The quantitative estimate of drug-likeness (QED) is 0.618. The summed E-state index contributed by atoms with van der Waals surface area (Å²) in [5, 5.41) is 7.43. The van der Waals surface area contributed by atoms with Crippen molar-refractivity contribution in [3.8, 4) is 0 Å². The van der Waals surface area contributed by atoms with Gasteiger partial charge in [-0.05, 0) is 67.6 Å². The van der Waals surface area contributed by atoms with Crippen LogP contribution < -0.4 is 0 Å². The van der Waals surface area contributed by atoms with Gasteiger partial charge in [0.2, 0.25) is 0 Å². The van der Waals surface area contributed by atoms with E-state index < -0.39 is 0 Å². The third-order valence-corrected chi connectivity index (χ3v) is 9.58. The smallest absolute Gasteiger partial charge is 0.178 e. The van der Waals surface area contributed by atoms with Crippen molar-refractivity contribution in [2.24, 2.45) is 39.6 Å². The topological polar surface area (TPSA) is 32.7 Å². The molecule has 5 aliphatic rings. The molecular weight excluding hydrogens is 368 g/mol. The molecule has 1 aromatic carbocycles. The van der Waals surface area contributed by atoms with Crippen LogP contribution in [0.1, 0.15) is 57.6 Å². The van der Waals surface area contributed by atoms with E-state index in [4.69, 9.17) is 5.10 Å². The van der Waals surface area contributed by atoms with Gasteiger partial charge in [-0.1, -0.05) is 55.8 Å². The van der Waals surface area contributed by atoms with Crippen LogP contribution in [0.2, 0.25) is 0 Å². The molecule has 4 aliphatic carbocycles. The van der Waals surface area contributed by atoms with Crippen LogP contribution in [0.3, 0.4) is 0 Å². The van der Waals surface area contributed by atoms with Gasteiger partial charge in [-0.3, -0.25) is 9.80 Å². The van der Waals surface area contributed by atoms with Crippen molar-refractivity contribution in [1.29, 1.82) is 0 Å². The number of nitrogens with zero attached hydrogens (tertiary/aromatic N) is 2. The Morgan fingerprint density at radius 1 is 1.10 bits per heavy atom. The molecule has 0 N–H and O–H groups in total. The zero-order chi connectivity index (χ0) is 20.7. The highest BCUT2D eigenvalue weighted by Gasteiger charge is 2.62. The molecular formula is C27H32N2O. The first-order valence-corrected chi connectivity index (χ1v) is 11.7. The molecule has 1 heterocycles. The number of ketones is 1. The Morgan fingerprint density at radius 2 is 1.90 bits per heavy atom. The first-order valence-electron chi connectivity index (χ1n) is 11.7. The van der Waals surface area contributed by atoms with Crippen LogP contribution in [0.4, 0.5) is 0 Å². The van der Waals surface area contributed by atoms with Crippen molar-refractivity contribution in [2.75, 3.05) is 7.05 Å². The van der Waals surface area contributed by atoms with Crippen LogP contribution in [-0.2, 0) is 4.79 Å². The predicted molar refractivity (Wildman–Crippen MR) is 120 cm³/mol. The molecule has 1 aromatic rings. The monoisotopic (exact) mass is 400 g/mol. The van der Waals surface area contributed by atoms with E-state index in [0.29, 0.717) is 23.8 Å². The molecule has 0 spiro atoms. The van der Waals surface area contributed by atoms with Gasteiger partial charge in [-0.2, -0.15) is 5.10 Å². The highest BCUT2D eigenvalue weighted by atomic mass is 16.1. The van der Waals surface area contributed by atoms with Crippen molar-refractivity contribution >= 4 is 11.5 Å². The summed E-state index contributed by atoms with van der Waals surface area (Å²) >= 11 is 0. The van der Waals surface area contributed by atoms with Crippen molar-refractivity contribution in [3.05, 3.63) is 59.7 Å². The molecule has 0 bridgehead atoms. The Labute approximate surface area is 179 Å². The number of hydrogen-bond acceptors (Lipinski definition) is 3. The van der Waals surface area contributed by atoms with Gasteiger partial charge in [-0.15, -0.1) is 0 Å². The molecule has 1 aliphatic heterocycles. The van der Waals surface area contributed by atoms with Gasteiger partial charge in [0, 0.05) is 29.5 Å². The van der Waals surface area contributed by atoms with Crippen LogP contribution in [0, 0.1) is 34.5 Å². The summed E-state index contributed by atoms with van der Waals surface area (Å²) in [6.07, 6.45) is 12.1. The lowest BCUT2D eigenvalue weighted by molar-refractivity contribution is -0.111. The van der Waals surface area contributed by atoms with Gasteiger partial charge in [0.1, 0.15) is 0 Å². The molecule has 30 heavy (non-hydrogen) atoms. The Bertz CT molecular complexity index is 991. The predicted octanol–water partition coefficient (Wildman–Crippen LogP) is 5.56. The second kappa shape index (κ2) is 6.18. The second-order valence-electron chi connectivity index (χ2n) is 10.8. The summed E-state index contributed by atoms with van der Waals surface area (Å²) < 4.78 is 0. The number of carbonyl (C=O) groups excluding carboxylic acids is 1. The summed E-state index contributed by atoms with van der Waals surface area (Å²) in [7, 11) is 2.16. The maximum Gasteiger partial charge on any atom is 0.178 e. The van der Waals surface area contributed by atoms with E-state index in [1.807, 2.05) is 12.2 Å². The van der Waals surface area contributed by atoms with E-state index >= 15 is 0 Å². The SMILES string of the molecule is CN1N=C2[C@H](C[C@H]3[C@@H]4CCC5=CC(=O)C=C[C@]5(C)[C@H]4CC[C@]23C)[C@H]1c1ccccc1. The first-order chi connectivity index (χ1) is 14.4. The van der Waals surface area contributed by atoms with Crippen LogP contribution in [0.15, 0.2) is 59.2 Å². The molecule has 3 saturated carbocycles. The Morgan fingerprint density at radius 3 is 2.70 bits per heavy atom. The van der Waals surface area contributed by atoms with E-state index in [0.717, 1.165) is 12.3 Å². The third kappa shape index (κ3) is 2.32. The van der Waals surface area contributed by atoms with E-state index in [1.54, 1.807) is 0 Å². The Kier molecular flexibility index (Phi) is 3.83. The fourth-order valence-electron chi connectivity index (χ4n) is 8.14. The maximum absolute atomic E-state index is 12.0. The first kappa shape index (κ1) is 18.6. The summed E-state index contributed by atoms with van der Waals surface area (Å²) in [4.78, 5) is 12.0. The molecule has 0 saturated heterocycles. The molecule has 6 rings (SSSR count). The minimum atomic E-state index is 0.0767. The molecule has 3 fully saturated rings. The standard InChI is InChI=1S/C27H32N2O/c1-26-13-11-19(30)15-18(26)9-10-20-22(26)12-14-27(2)23(20)16-21-24(29(3)28-25(21)27)17-7-5-4-6-8-17/h4-8,11,13,15,20-24H,9-10,12,14,16H2,1-3H3/t20-,21-,22+,23+,24-,26+,27+/m1/s1. The van der Waals surface area contributed by atoms with Crippen molar-refractivity contribution in [2.45, 2.75) is 52.0 Å². The van der Waals surface area contributed by atoms with Crippen molar-refractivity contribution in [3.63, 3.8) is 0 Å². The number of allylic oxidation sites excluding steroid dienone is 4. The number of hydrogen-bond donors (Lipinski definition) is 0. The summed E-state index contributed by atoms with van der Waals surface area (Å²) in [5.41, 5.74) is 4.57. The lowest BCUT2D eigenvalue weighted by atomic mass is 9.48. The average Bonchev–Trinajstić information content (AvgIpc) is 3.21. The summed E-state index contributed by atoms with van der Waals surface area (Å²) in [6, 6.07) is 11.4.